The largest absolute Gasteiger partial charge is 0.396 e. The highest BCUT2D eigenvalue weighted by Crippen LogP contribution is 2.55. The lowest BCUT2D eigenvalue weighted by Gasteiger charge is -2.41. The molecule has 4 N–H and O–H groups in total. The Morgan fingerprint density at radius 1 is 0.404 bits per heavy atom. The number of rotatable bonds is 40. The first-order valence-electron chi connectivity index (χ1n) is 41.0. The zero-order valence-electron chi connectivity index (χ0n) is 70.5. The third-order valence-electron chi connectivity index (χ3n) is 26.6. The molecule has 6 heterocycles. The molecule has 30 atom stereocenters. The van der Waals surface area contributed by atoms with E-state index in [9.17, 15) is 49.2 Å². The van der Waals surface area contributed by atoms with E-state index in [2.05, 4.69) is 147 Å². The van der Waals surface area contributed by atoms with Gasteiger partial charge in [0.2, 0.25) is 0 Å². The molecule has 6 aliphatic heterocycles. The van der Waals surface area contributed by atoms with Crippen molar-refractivity contribution in [2.75, 3.05) is 26.4 Å². The fourth-order valence-corrected chi connectivity index (χ4v) is 18.3. The Hall–Kier alpha value is -3.42. The van der Waals surface area contributed by atoms with Crippen LogP contribution in [0.1, 0.15) is 271 Å². The normalized spacial score (nSPS) is 34.7. The van der Waals surface area contributed by atoms with E-state index in [0.29, 0.717) is 101 Å². The van der Waals surface area contributed by atoms with Crippen molar-refractivity contribution in [3.8, 4) is 0 Å². The van der Waals surface area contributed by atoms with Crippen molar-refractivity contribution in [2.45, 2.75) is 329 Å². The highest BCUT2D eigenvalue weighted by Gasteiger charge is 2.64. The number of ether oxygens (including phenoxy) is 6. The number of aliphatic hydroxyl groups is 4. The number of carbonyl (C=O) groups is 6. The van der Waals surface area contributed by atoms with Crippen LogP contribution >= 0.6 is 0 Å². The minimum atomic E-state index is -1.07. The van der Waals surface area contributed by atoms with E-state index in [4.69, 9.17) is 28.4 Å². The molecule has 6 rings (SSSR count). The average Bonchev–Trinajstić information content (AvgIpc) is 1.60. The molecular weight excluding hydrogens is 1310 g/mol. The van der Waals surface area contributed by atoms with Crippen molar-refractivity contribution in [1.29, 1.82) is 0 Å². The molecule has 600 valence electrons. The standard InChI is InChI=1S/4C22H38O4/c2*1-8-11-14(4)20-21(7,26-20)16(6)17(9-2)19(23)18-13-25-22(24,10-3)12-15(18)5;2*1-8-11-14(4)21-22(7,26-21)16(6)18(10-3)20(25)19(13-23)15(5)12-17(24)9-2/h2*8,11,14-18,20,24H,9-10,12-13H2,1-7H3;2*8,11,14-16,18-19,21,23H,9-10,12-13H2,1-7H3/b4*11-8-/t14-,15-,16-,17+,18+,20+,21+,22?;14-,15-,16-,17+,18-,20+,21+,22?;14-,15-,16-,18+,19+,21+,22+;14-,15-,16-,18+,19-,21+,22+/m0000/s1. The molecule has 0 spiro atoms. The van der Waals surface area contributed by atoms with Crippen LogP contribution in [0.3, 0.4) is 0 Å². The topological polar surface area (TPSA) is 252 Å². The molecule has 6 aliphatic rings. The minimum absolute atomic E-state index is 0.0355. The van der Waals surface area contributed by atoms with Gasteiger partial charge in [0.15, 0.2) is 11.6 Å². The predicted molar refractivity (Wildman–Crippen MR) is 417 cm³/mol. The second-order valence-corrected chi connectivity index (χ2v) is 33.8. The van der Waals surface area contributed by atoms with E-state index in [0.717, 1.165) is 12.8 Å². The number of aliphatic hydroxyl groups excluding tert-OH is 2. The van der Waals surface area contributed by atoms with E-state index in [1.165, 1.54) is 0 Å². The smallest absolute Gasteiger partial charge is 0.165 e. The molecule has 0 radical (unpaired) electrons. The van der Waals surface area contributed by atoms with Crippen LogP contribution < -0.4 is 0 Å². The summed E-state index contributed by atoms with van der Waals surface area (Å²) in [6, 6.07) is 0. The Labute approximate surface area is 632 Å². The van der Waals surface area contributed by atoms with Gasteiger partial charge in [-0.05, 0) is 141 Å². The predicted octanol–water partition coefficient (Wildman–Crippen LogP) is 17.1. The quantitative estimate of drug-likeness (QED) is 0.0329. The molecule has 16 nitrogen and oxygen atoms in total. The van der Waals surface area contributed by atoms with Gasteiger partial charge < -0.3 is 48.8 Å². The molecule has 104 heavy (non-hydrogen) atoms. The molecule has 0 aromatic heterocycles. The molecule has 0 bridgehead atoms. The van der Waals surface area contributed by atoms with Crippen molar-refractivity contribution < 1.29 is 77.6 Å². The number of carbonyl (C=O) groups excluding carboxylic acids is 6. The molecule has 2 unspecified atom stereocenters. The van der Waals surface area contributed by atoms with Crippen LogP contribution in [0.15, 0.2) is 48.6 Å². The zero-order valence-corrected chi connectivity index (χ0v) is 70.5. The van der Waals surface area contributed by atoms with Gasteiger partial charge >= 0.3 is 0 Å². The number of ketones is 6. The van der Waals surface area contributed by atoms with Gasteiger partial charge in [-0.15, -0.1) is 0 Å². The number of epoxide rings is 4. The van der Waals surface area contributed by atoms with Crippen LogP contribution in [-0.4, -0.2) is 140 Å². The van der Waals surface area contributed by atoms with E-state index in [1.807, 2.05) is 95.2 Å². The molecule has 0 aromatic carbocycles. The molecule has 6 saturated heterocycles. The SMILES string of the molecule is C/C=C\[C@H](C)[C@H]1O[C@]1(C)[C@@H](C)[C@@H](CC)C(=O)[C@@H](CO)[C@@H](C)CC(=O)CC.C/C=C\[C@H](C)[C@H]1O[C@]1(C)[C@@H](C)[C@@H](CC)C(=O)[C@@H]1COC(O)(CC)C[C@@H]1C.C/C=C\[C@H](C)[C@H]1O[C@]1(C)[C@@H](C)[C@@H](CC)C(=O)[C@H](CO)[C@@H](C)CC(=O)CC.C/C=C\[C@H](C)[C@H]1O[C@]1(C)[C@@H](C)[C@@H](CC)C(=O)[C@H]1COC(O)(CC)C[C@@H]1C. The van der Waals surface area contributed by atoms with E-state index in [1.54, 1.807) is 0 Å². The third-order valence-corrected chi connectivity index (χ3v) is 26.6. The second-order valence-electron chi connectivity index (χ2n) is 33.8. The van der Waals surface area contributed by atoms with Gasteiger partial charge in [0.05, 0.1) is 73.2 Å². The summed E-state index contributed by atoms with van der Waals surface area (Å²) in [6.45, 7) is 57.6. The summed E-state index contributed by atoms with van der Waals surface area (Å²) in [7, 11) is 0. The van der Waals surface area contributed by atoms with Crippen molar-refractivity contribution in [1.82, 2.24) is 0 Å². The number of Topliss-reactive ketones (excluding diaryl/α,β-unsaturated/α-hetero) is 6. The summed E-state index contributed by atoms with van der Waals surface area (Å²) in [5, 5.41) is 40.4. The summed E-state index contributed by atoms with van der Waals surface area (Å²) in [5.41, 5.74) is -1.09. The highest BCUT2D eigenvalue weighted by molar-refractivity contribution is 5.87. The Bertz CT molecular complexity index is 2640. The monoisotopic (exact) mass is 1470 g/mol. The van der Waals surface area contributed by atoms with Crippen molar-refractivity contribution in [3.05, 3.63) is 48.6 Å². The first kappa shape index (κ1) is 94.8. The minimum Gasteiger partial charge on any atom is -0.396 e. The lowest BCUT2D eigenvalue weighted by atomic mass is 9.71. The maximum Gasteiger partial charge on any atom is 0.165 e. The number of hydrogen-bond donors (Lipinski definition) is 4. The van der Waals surface area contributed by atoms with E-state index in [-0.39, 0.29) is 178 Å². The van der Waals surface area contributed by atoms with Gasteiger partial charge in [-0.2, -0.15) is 0 Å². The Balaban J connectivity index is 0.000000360. The Morgan fingerprint density at radius 2 is 0.644 bits per heavy atom. The van der Waals surface area contributed by atoms with Gasteiger partial charge in [0.1, 0.15) is 34.7 Å². The highest BCUT2D eigenvalue weighted by atomic mass is 16.6. The van der Waals surface area contributed by atoms with Gasteiger partial charge in [0.25, 0.3) is 0 Å². The maximum atomic E-state index is 13.3. The van der Waals surface area contributed by atoms with Crippen molar-refractivity contribution >= 4 is 34.7 Å². The summed E-state index contributed by atoms with van der Waals surface area (Å²) in [6.07, 6.45) is 24.3. The average molecular weight is 1470 g/mol. The molecule has 16 heteroatoms. The summed E-state index contributed by atoms with van der Waals surface area (Å²) in [5.74, 6) is -0.968. The van der Waals surface area contributed by atoms with E-state index >= 15 is 0 Å². The van der Waals surface area contributed by atoms with Crippen molar-refractivity contribution in [2.24, 2.45) is 118 Å². The molecule has 6 fully saturated rings. The first-order chi connectivity index (χ1) is 48.6. The van der Waals surface area contributed by atoms with E-state index < -0.39 is 23.4 Å². The molecular formula is C88H152O16. The number of allylic oxidation sites excluding steroid dienone is 4. The van der Waals surface area contributed by atoms with Gasteiger partial charge in [-0.3, -0.25) is 28.8 Å². The third kappa shape index (κ3) is 23.3. The van der Waals surface area contributed by atoms with Gasteiger partial charge in [-0.1, -0.05) is 187 Å². The van der Waals surface area contributed by atoms with Crippen LogP contribution in [0.5, 0.6) is 0 Å². The van der Waals surface area contributed by atoms with Crippen LogP contribution in [0, 0.1) is 118 Å². The summed E-state index contributed by atoms with van der Waals surface area (Å²) in [4.78, 5) is 76.6. The first-order valence-corrected chi connectivity index (χ1v) is 41.0. The van der Waals surface area contributed by atoms with Crippen LogP contribution in [0.4, 0.5) is 0 Å². The second kappa shape index (κ2) is 41.6. The molecule has 0 aromatic rings. The van der Waals surface area contributed by atoms with Gasteiger partial charge in [-0.25, -0.2) is 0 Å². The lowest BCUT2D eigenvalue weighted by molar-refractivity contribution is -0.248. The van der Waals surface area contributed by atoms with Crippen LogP contribution in [0.2, 0.25) is 0 Å². The van der Waals surface area contributed by atoms with Crippen molar-refractivity contribution in [3.63, 3.8) is 0 Å². The maximum absolute atomic E-state index is 13.3. The zero-order chi connectivity index (χ0) is 79.5. The molecule has 0 aliphatic carbocycles. The summed E-state index contributed by atoms with van der Waals surface area (Å²) >= 11 is 0. The molecule has 0 amide bonds. The lowest BCUT2D eigenvalue weighted by Crippen LogP contribution is -2.48. The van der Waals surface area contributed by atoms with Crippen LogP contribution in [0.25, 0.3) is 0 Å². The Morgan fingerprint density at radius 3 is 0.837 bits per heavy atom. The van der Waals surface area contributed by atoms with Crippen LogP contribution in [-0.2, 0) is 57.2 Å². The molecule has 0 saturated carbocycles. The fraction of sp³-hybridized carbons (Fsp3) is 0.841. The number of hydrogen-bond acceptors (Lipinski definition) is 16. The van der Waals surface area contributed by atoms with Gasteiger partial charge in [0, 0.05) is 110 Å². The fourth-order valence-electron chi connectivity index (χ4n) is 18.3. The Kier molecular flexibility index (Phi) is 37.9. The summed E-state index contributed by atoms with van der Waals surface area (Å²) < 4.78 is 35.7.